The Morgan fingerprint density at radius 1 is 1.24 bits per heavy atom. The van der Waals surface area contributed by atoms with E-state index in [9.17, 15) is 4.79 Å². The Balaban J connectivity index is 4.21. The van der Waals surface area contributed by atoms with Gasteiger partial charge in [-0.25, -0.2) is 0 Å². The van der Waals surface area contributed by atoms with Crippen LogP contribution < -0.4 is 5.73 Å². The maximum Gasteiger partial charge on any atom is 0.323 e. The molecule has 0 aliphatic heterocycles. The Bertz CT molecular complexity index is 206. The first-order valence-corrected chi connectivity index (χ1v) is 6.52. The van der Waals surface area contributed by atoms with Crippen molar-refractivity contribution < 1.29 is 14.3 Å². The lowest BCUT2D eigenvalue weighted by molar-refractivity contribution is -0.163. The van der Waals surface area contributed by atoms with E-state index in [4.69, 9.17) is 15.2 Å². The van der Waals surface area contributed by atoms with E-state index in [1.54, 1.807) is 7.11 Å². The van der Waals surface area contributed by atoms with Crippen LogP contribution in [0.2, 0.25) is 0 Å². The van der Waals surface area contributed by atoms with Crippen LogP contribution in [0.15, 0.2) is 0 Å². The molecule has 4 nitrogen and oxygen atoms in total. The highest BCUT2D eigenvalue weighted by Gasteiger charge is 2.30. The number of carbonyl (C=O) groups is 1. The summed E-state index contributed by atoms with van der Waals surface area (Å²) in [5, 5.41) is 0. The summed E-state index contributed by atoms with van der Waals surface area (Å²) in [6.45, 7) is 6.74. The highest BCUT2D eigenvalue weighted by atomic mass is 16.6. The fraction of sp³-hybridized carbons (Fsp3) is 0.923. The smallest absolute Gasteiger partial charge is 0.323 e. The van der Waals surface area contributed by atoms with Gasteiger partial charge in [0.1, 0.15) is 11.6 Å². The largest absolute Gasteiger partial charge is 0.458 e. The van der Waals surface area contributed by atoms with Crippen LogP contribution in [-0.2, 0) is 14.3 Å². The summed E-state index contributed by atoms with van der Waals surface area (Å²) < 4.78 is 10.5. The topological polar surface area (TPSA) is 61.5 Å². The molecule has 0 bridgehead atoms. The molecule has 0 aromatic rings. The lowest BCUT2D eigenvalue weighted by atomic mass is 9.94. The van der Waals surface area contributed by atoms with Crippen molar-refractivity contribution in [3.8, 4) is 0 Å². The predicted octanol–water partition coefficient (Wildman–Crippen LogP) is 2.25. The van der Waals surface area contributed by atoms with Crippen molar-refractivity contribution in [3.63, 3.8) is 0 Å². The first-order chi connectivity index (χ1) is 8.05. The van der Waals surface area contributed by atoms with Gasteiger partial charge >= 0.3 is 5.97 Å². The van der Waals surface area contributed by atoms with Gasteiger partial charge in [0.25, 0.3) is 0 Å². The third-order valence-electron chi connectivity index (χ3n) is 3.42. The van der Waals surface area contributed by atoms with Crippen molar-refractivity contribution in [1.82, 2.24) is 0 Å². The zero-order valence-corrected chi connectivity index (χ0v) is 11.6. The molecule has 0 radical (unpaired) electrons. The lowest BCUT2D eigenvalue weighted by Crippen LogP contribution is -2.41. The summed E-state index contributed by atoms with van der Waals surface area (Å²) in [6, 6.07) is -0.533. The quantitative estimate of drug-likeness (QED) is 0.500. The maximum atomic E-state index is 11.8. The van der Waals surface area contributed by atoms with Crippen LogP contribution >= 0.6 is 0 Å². The lowest BCUT2D eigenvalue weighted by Gasteiger charge is -2.31. The van der Waals surface area contributed by atoms with Crippen molar-refractivity contribution in [1.29, 1.82) is 0 Å². The molecule has 1 atom stereocenters. The highest BCUT2D eigenvalue weighted by molar-refractivity contribution is 5.75. The molecule has 0 aromatic carbocycles. The van der Waals surface area contributed by atoms with Gasteiger partial charge in [-0.1, -0.05) is 20.8 Å². The molecular weight excluding hydrogens is 218 g/mol. The molecule has 2 N–H and O–H groups in total. The van der Waals surface area contributed by atoms with Crippen molar-refractivity contribution in [3.05, 3.63) is 0 Å². The van der Waals surface area contributed by atoms with Crippen LogP contribution in [0, 0.1) is 0 Å². The van der Waals surface area contributed by atoms with Crippen molar-refractivity contribution in [2.75, 3.05) is 13.7 Å². The fourth-order valence-electron chi connectivity index (χ4n) is 1.82. The van der Waals surface area contributed by atoms with E-state index in [0.29, 0.717) is 13.0 Å². The van der Waals surface area contributed by atoms with Crippen molar-refractivity contribution >= 4 is 5.97 Å². The summed E-state index contributed by atoms with van der Waals surface area (Å²) >= 11 is 0. The summed E-state index contributed by atoms with van der Waals surface area (Å²) in [5.41, 5.74) is 5.46. The molecule has 0 heterocycles. The molecule has 0 unspecified atom stereocenters. The second-order valence-electron chi connectivity index (χ2n) is 4.41. The van der Waals surface area contributed by atoms with Gasteiger partial charge in [0.2, 0.25) is 0 Å². The SMILES string of the molecule is CCC(CC)(CC)OC(=O)[C@H](N)CCCOC. The summed E-state index contributed by atoms with van der Waals surface area (Å²) in [6.07, 6.45) is 3.88. The minimum Gasteiger partial charge on any atom is -0.458 e. The Morgan fingerprint density at radius 2 is 1.76 bits per heavy atom. The first kappa shape index (κ1) is 16.4. The average molecular weight is 245 g/mol. The van der Waals surface area contributed by atoms with Gasteiger partial charge in [-0.05, 0) is 32.1 Å². The van der Waals surface area contributed by atoms with E-state index in [-0.39, 0.29) is 11.6 Å². The van der Waals surface area contributed by atoms with Gasteiger partial charge in [0.15, 0.2) is 0 Å². The number of ether oxygens (including phenoxy) is 2. The second kappa shape index (κ2) is 8.48. The van der Waals surface area contributed by atoms with Crippen LogP contribution in [0.4, 0.5) is 0 Å². The van der Waals surface area contributed by atoms with Gasteiger partial charge < -0.3 is 15.2 Å². The van der Waals surface area contributed by atoms with E-state index in [1.165, 1.54) is 0 Å². The minimum atomic E-state index is -0.533. The predicted molar refractivity (Wildman–Crippen MR) is 68.8 cm³/mol. The number of hydrogen-bond donors (Lipinski definition) is 1. The number of methoxy groups -OCH3 is 1. The van der Waals surface area contributed by atoms with Crippen LogP contribution in [0.3, 0.4) is 0 Å². The molecule has 17 heavy (non-hydrogen) atoms. The van der Waals surface area contributed by atoms with Crippen LogP contribution in [0.25, 0.3) is 0 Å². The minimum absolute atomic E-state index is 0.286. The number of nitrogens with two attached hydrogens (primary N) is 1. The van der Waals surface area contributed by atoms with Gasteiger partial charge in [0, 0.05) is 13.7 Å². The van der Waals surface area contributed by atoms with Crippen molar-refractivity contribution in [2.45, 2.75) is 64.5 Å². The molecule has 4 heteroatoms. The molecule has 0 saturated carbocycles. The Labute approximate surface area is 105 Å². The van der Waals surface area contributed by atoms with Crippen LogP contribution in [0.1, 0.15) is 52.9 Å². The first-order valence-electron chi connectivity index (χ1n) is 6.52. The van der Waals surface area contributed by atoms with Gasteiger partial charge in [-0.3, -0.25) is 4.79 Å². The van der Waals surface area contributed by atoms with E-state index in [0.717, 1.165) is 25.7 Å². The maximum absolute atomic E-state index is 11.8. The highest BCUT2D eigenvalue weighted by Crippen LogP contribution is 2.25. The third kappa shape index (κ3) is 5.50. The normalized spacial score (nSPS) is 13.5. The molecular formula is C13H27NO3. The third-order valence-corrected chi connectivity index (χ3v) is 3.42. The van der Waals surface area contributed by atoms with E-state index in [2.05, 4.69) is 0 Å². The van der Waals surface area contributed by atoms with Gasteiger partial charge in [-0.2, -0.15) is 0 Å². The number of hydrogen-bond acceptors (Lipinski definition) is 4. The van der Waals surface area contributed by atoms with E-state index in [1.807, 2.05) is 20.8 Å². The summed E-state index contributed by atoms with van der Waals surface area (Å²) in [4.78, 5) is 11.8. The average Bonchev–Trinajstić information content (AvgIpc) is 2.36. The number of rotatable bonds is 9. The number of esters is 1. The van der Waals surface area contributed by atoms with E-state index >= 15 is 0 Å². The zero-order chi connectivity index (χ0) is 13.3. The van der Waals surface area contributed by atoms with Crippen molar-refractivity contribution in [2.24, 2.45) is 5.73 Å². The molecule has 0 aliphatic carbocycles. The molecule has 0 fully saturated rings. The monoisotopic (exact) mass is 245 g/mol. The number of carbonyl (C=O) groups excluding carboxylic acids is 1. The molecule has 0 spiro atoms. The molecule has 0 saturated heterocycles. The van der Waals surface area contributed by atoms with Gasteiger partial charge in [-0.15, -0.1) is 0 Å². The molecule has 0 rings (SSSR count). The van der Waals surface area contributed by atoms with Crippen LogP contribution in [-0.4, -0.2) is 31.3 Å². The Kier molecular flexibility index (Phi) is 8.17. The zero-order valence-electron chi connectivity index (χ0n) is 11.6. The summed E-state index contributed by atoms with van der Waals surface area (Å²) in [7, 11) is 1.64. The van der Waals surface area contributed by atoms with Crippen LogP contribution in [0.5, 0.6) is 0 Å². The molecule has 102 valence electrons. The summed E-state index contributed by atoms with van der Waals surface area (Å²) in [5.74, 6) is -0.286. The standard InChI is InChI=1S/C13H27NO3/c1-5-13(6-2,7-3)17-12(15)11(14)9-8-10-16-4/h11H,5-10,14H2,1-4H3/t11-/m1/s1. The molecule has 0 aliphatic rings. The Hall–Kier alpha value is -0.610. The second-order valence-corrected chi connectivity index (χ2v) is 4.41. The molecule has 0 amide bonds. The van der Waals surface area contributed by atoms with Gasteiger partial charge in [0.05, 0.1) is 0 Å². The molecule has 0 aromatic heterocycles. The Morgan fingerprint density at radius 3 is 2.18 bits per heavy atom. The fourth-order valence-corrected chi connectivity index (χ4v) is 1.82. The van der Waals surface area contributed by atoms with E-state index < -0.39 is 6.04 Å².